The fourth-order valence-electron chi connectivity index (χ4n) is 1.46. The van der Waals surface area contributed by atoms with Gasteiger partial charge in [-0.2, -0.15) is 0 Å². The van der Waals surface area contributed by atoms with Gasteiger partial charge in [0.25, 0.3) is 0 Å². The summed E-state index contributed by atoms with van der Waals surface area (Å²) in [5.74, 6) is 0.906. The molecule has 0 saturated carbocycles. The van der Waals surface area contributed by atoms with E-state index in [-0.39, 0.29) is 5.97 Å². The van der Waals surface area contributed by atoms with E-state index in [0.29, 0.717) is 5.75 Å². The van der Waals surface area contributed by atoms with Crippen molar-refractivity contribution in [3.8, 4) is 0 Å². The van der Waals surface area contributed by atoms with E-state index in [0.717, 1.165) is 23.3 Å². The smallest absolute Gasteiger partial charge is 0.316 e. The molecule has 0 aliphatic carbocycles. The van der Waals surface area contributed by atoms with Gasteiger partial charge >= 0.3 is 5.97 Å². The number of carbonyl (C=O) groups excluding carboxylic acids is 1. The maximum atomic E-state index is 10.9. The van der Waals surface area contributed by atoms with Crippen LogP contribution in [0.3, 0.4) is 0 Å². The Morgan fingerprint density at radius 3 is 2.67 bits per heavy atom. The first-order valence-corrected chi connectivity index (χ1v) is 6.51. The number of hydrogen-bond acceptors (Lipinski definition) is 4. The van der Waals surface area contributed by atoms with E-state index in [1.807, 2.05) is 0 Å². The van der Waals surface area contributed by atoms with E-state index in [4.69, 9.17) is 12.2 Å². The lowest BCUT2D eigenvalue weighted by molar-refractivity contribution is -0.137. The van der Waals surface area contributed by atoms with Gasteiger partial charge in [-0.15, -0.1) is 0 Å². The Balaban J connectivity index is 2.25. The Morgan fingerprint density at radius 1 is 1.53 bits per heavy atom. The van der Waals surface area contributed by atoms with Gasteiger partial charge in [0, 0.05) is 13.1 Å². The van der Waals surface area contributed by atoms with Gasteiger partial charge in [0.1, 0.15) is 4.32 Å². The highest BCUT2D eigenvalue weighted by Crippen LogP contribution is 2.20. The zero-order valence-electron chi connectivity index (χ0n) is 9.19. The number of methoxy groups -OCH3 is 1. The topological polar surface area (TPSA) is 29.5 Å². The van der Waals surface area contributed by atoms with Gasteiger partial charge in [-0.05, 0) is 18.8 Å². The molecule has 1 heterocycles. The molecule has 0 amide bonds. The van der Waals surface area contributed by atoms with E-state index < -0.39 is 0 Å². The van der Waals surface area contributed by atoms with Crippen LogP contribution in [-0.4, -0.2) is 41.1 Å². The number of thiocarbonyl (C=S) groups is 1. The number of likely N-dealkylation sites (tertiary alicyclic amines) is 1. The molecule has 0 unspecified atom stereocenters. The lowest BCUT2D eigenvalue weighted by atomic mass is 10.00. The first-order valence-electron chi connectivity index (χ1n) is 5.12. The molecule has 0 atom stereocenters. The average molecular weight is 247 g/mol. The third kappa shape index (κ3) is 4.38. The average Bonchev–Trinajstić information content (AvgIpc) is 2.26. The SMILES string of the molecule is COC(=O)CSC(=S)N1CCC(C)CC1. The number of thioether (sulfide) groups is 1. The third-order valence-electron chi connectivity index (χ3n) is 2.58. The predicted octanol–water partition coefficient (Wildman–Crippen LogP) is 1.91. The van der Waals surface area contributed by atoms with E-state index >= 15 is 0 Å². The van der Waals surface area contributed by atoms with Crippen LogP contribution in [0, 0.1) is 5.92 Å². The number of rotatable bonds is 2. The van der Waals surface area contributed by atoms with Crippen LogP contribution in [0.2, 0.25) is 0 Å². The maximum absolute atomic E-state index is 10.9. The Kier molecular flexibility index (Phi) is 5.39. The van der Waals surface area contributed by atoms with Crippen molar-refractivity contribution in [1.82, 2.24) is 4.90 Å². The van der Waals surface area contributed by atoms with Crippen LogP contribution in [0.15, 0.2) is 0 Å². The lowest BCUT2D eigenvalue weighted by Gasteiger charge is -2.31. The molecule has 0 aromatic rings. The normalized spacial score (nSPS) is 17.6. The van der Waals surface area contributed by atoms with Crippen molar-refractivity contribution in [3.05, 3.63) is 0 Å². The van der Waals surface area contributed by atoms with Crippen LogP contribution in [0.1, 0.15) is 19.8 Å². The molecule has 1 saturated heterocycles. The van der Waals surface area contributed by atoms with Crippen molar-refractivity contribution in [2.75, 3.05) is 26.0 Å². The van der Waals surface area contributed by atoms with Crippen molar-refractivity contribution in [2.45, 2.75) is 19.8 Å². The van der Waals surface area contributed by atoms with Crippen LogP contribution in [-0.2, 0) is 9.53 Å². The largest absolute Gasteiger partial charge is 0.468 e. The van der Waals surface area contributed by atoms with Crippen LogP contribution >= 0.6 is 24.0 Å². The second-order valence-electron chi connectivity index (χ2n) is 3.80. The standard InChI is InChI=1S/C10H17NO2S2/c1-8-3-5-11(6-4-8)10(14)15-7-9(12)13-2/h8H,3-7H2,1-2H3. The number of piperidine rings is 1. The minimum atomic E-state index is -0.215. The highest BCUT2D eigenvalue weighted by molar-refractivity contribution is 8.23. The molecule has 5 heteroatoms. The van der Waals surface area contributed by atoms with Gasteiger partial charge < -0.3 is 9.64 Å². The minimum Gasteiger partial charge on any atom is -0.468 e. The molecule has 0 aromatic heterocycles. The molecule has 86 valence electrons. The molecule has 0 bridgehead atoms. The summed E-state index contributed by atoms with van der Waals surface area (Å²) >= 11 is 6.66. The van der Waals surface area contributed by atoms with Crippen molar-refractivity contribution in [3.63, 3.8) is 0 Å². The number of ether oxygens (including phenoxy) is 1. The van der Waals surface area contributed by atoms with E-state index in [1.54, 1.807) is 0 Å². The monoisotopic (exact) mass is 247 g/mol. The Labute approximate surface area is 101 Å². The quantitative estimate of drug-likeness (QED) is 0.549. The van der Waals surface area contributed by atoms with E-state index in [1.165, 1.54) is 31.7 Å². The zero-order chi connectivity index (χ0) is 11.3. The van der Waals surface area contributed by atoms with E-state index in [2.05, 4.69) is 16.6 Å². The highest BCUT2D eigenvalue weighted by Gasteiger charge is 2.18. The van der Waals surface area contributed by atoms with Crippen LogP contribution < -0.4 is 0 Å². The molecule has 0 spiro atoms. The first kappa shape index (κ1) is 12.8. The summed E-state index contributed by atoms with van der Waals surface area (Å²) in [6, 6.07) is 0. The maximum Gasteiger partial charge on any atom is 0.316 e. The number of hydrogen-bond donors (Lipinski definition) is 0. The van der Waals surface area contributed by atoms with Crippen LogP contribution in [0.4, 0.5) is 0 Å². The first-order chi connectivity index (χ1) is 7.13. The minimum absolute atomic E-state index is 0.215. The molecule has 1 aliphatic rings. The fourth-order valence-corrected chi connectivity index (χ4v) is 2.55. The van der Waals surface area contributed by atoms with Gasteiger partial charge in [0.15, 0.2) is 0 Å². The molecular formula is C10H17NO2S2. The second-order valence-corrected chi connectivity index (χ2v) is 5.41. The number of esters is 1. The molecule has 3 nitrogen and oxygen atoms in total. The molecule has 1 fully saturated rings. The number of carbonyl (C=O) groups is 1. The summed E-state index contributed by atoms with van der Waals surface area (Å²) in [7, 11) is 1.40. The van der Waals surface area contributed by atoms with Gasteiger partial charge in [-0.25, -0.2) is 0 Å². The zero-order valence-corrected chi connectivity index (χ0v) is 10.8. The second kappa shape index (κ2) is 6.33. The summed E-state index contributed by atoms with van der Waals surface area (Å²) in [5.41, 5.74) is 0. The predicted molar refractivity (Wildman–Crippen MR) is 67.0 cm³/mol. The molecule has 0 radical (unpaired) electrons. The van der Waals surface area contributed by atoms with Crippen LogP contribution in [0.5, 0.6) is 0 Å². The van der Waals surface area contributed by atoms with Gasteiger partial charge in [0.2, 0.25) is 0 Å². The van der Waals surface area contributed by atoms with Gasteiger partial charge in [0.05, 0.1) is 12.9 Å². The Morgan fingerprint density at radius 2 is 2.13 bits per heavy atom. The Bertz CT molecular complexity index is 238. The highest BCUT2D eigenvalue weighted by atomic mass is 32.2. The van der Waals surface area contributed by atoms with Crippen molar-refractivity contribution >= 4 is 34.3 Å². The molecule has 0 N–H and O–H groups in total. The molecular weight excluding hydrogens is 230 g/mol. The molecule has 15 heavy (non-hydrogen) atoms. The third-order valence-corrected chi connectivity index (χ3v) is 4.08. The van der Waals surface area contributed by atoms with Crippen molar-refractivity contribution in [2.24, 2.45) is 5.92 Å². The number of nitrogens with zero attached hydrogens (tertiary/aromatic N) is 1. The van der Waals surface area contributed by atoms with Crippen LogP contribution in [0.25, 0.3) is 0 Å². The summed E-state index contributed by atoms with van der Waals surface area (Å²) in [4.78, 5) is 13.1. The lowest BCUT2D eigenvalue weighted by Crippen LogP contribution is -2.35. The summed E-state index contributed by atoms with van der Waals surface area (Å²) in [6.07, 6.45) is 2.39. The summed E-state index contributed by atoms with van der Waals surface area (Å²) < 4.78 is 5.39. The van der Waals surface area contributed by atoms with Gasteiger partial charge in [-0.1, -0.05) is 30.9 Å². The van der Waals surface area contributed by atoms with Crippen molar-refractivity contribution < 1.29 is 9.53 Å². The molecule has 1 aliphatic heterocycles. The van der Waals surface area contributed by atoms with E-state index in [9.17, 15) is 4.79 Å². The summed E-state index contributed by atoms with van der Waals surface area (Å²) in [6.45, 7) is 4.31. The fraction of sp³-hybridized carbons (Fsp3) is 0.800. The van der Waals surface area contributed by atoms with Crippen molar-refractivity contribution in [1.29, 1.82) is 0 Å². The Hall–Kier alpha value is -0.290. The summed E-state index contributed by atoms with van der Waals surface area (Å²) in [5, 5.41) is 0. The van der Waals surface area contributed by atoms with Gasteiger partial charge in [-0.3, -0.25) is 4.79 Å². The molecule has 1 rings (SSSR count). The molecule has 0 aromatic carbocycles.